The third-order valence-corrected chi connectivity index (χ3v) is 5.85. The predicted octanol–water partition coefficient (Wildman–Crippen LogP) is 3.95. The highest BCUT2D eigenvalue weighted by atomic mass is 16.5. The smallest absolute Gasteiger partial charge is 0.314 e. The van der Waals surface area contributed by atoms with Gasteiger partial charge in [0.2, 0.25) is 5.82 Å². The van der Waals surface area contributed by atoms with Crippen LogP contribution in [0, 0.1) is 11.3 Å². The van der Waals surface area contributed by atoms with Crippen LogP contribution in [-0.2, 0) is 17.6 Å². The van der Waals surface area contributed by atoms with Gasteiger partial charge in [0.15, 0.2) is 0 Å². The number of benzene rings is 2. The third-order valence-electron chi connectivity index (χ3n) is 5.85. The van der Waals surface area contributed by atoms with E-state index in [-0.39, 0.29) is 12.1 Å². The van der Waals surface area contributed by atoms with Gasteiger partial charge in [0.25, 0.3) is 5.89 Å². The number of fused-ring (bicyclic) bond motifs is 1. The van der Waals surface area contributed by atoms with Crippen molar-refractivity contribution in [3.8, 4) is 34.7 Å². The van der Waals surface area contributed by atoms with Gasteiger partial charge >= 0.3 is 6.03 Å². The number of nitrogens with two attached hydrogens (primary N) is 1. The quantitative estimate of drug-likeness (QED) is 0.605. The zero-order chi connectivity index (χ0) is 24.8. The molecule has 2 aromatic carbocycles. The summed E-state index contributed by atoms with van der Waals surface area (Å²) in [4.78, 5) is 16.6. The SMILES string of the molecule is CC(C)Oc1ccc(-c2nc(-c3cccc4c3CCC4)no2)cc1C#N.NC(=O)N1CCOCC1. The Labute approximate surface area is 204 Å². The van der Waals surface area contributed by atoms with Crippen LogP contribution >= 0.6 is 0 Å². The Bertz CT molecular complexity index is 1220. The van der Waals surface area contributed by atoms with Gasteiger partial charge in [0.1, 0.15) is 11.8 Å². The van der Waals surface area contributed by atoms with E-state index in [9.17, 15) is 10.1 Å². The molecule has 5 rings (SSSR count). The van der Waals surface area contributed by atoms with Gasteiger partial charge in [-0.3, -0.25) is 0 Å². The summed E-state index contributed by atoms with van der Waals surface area (Å²) in [7, 11) is 0. The van der Waals surface area contributed by atoms with Gasteiger partial charge in [0.05, 0.1) is 24.9 Å². The molecular weight excluding hydrogens is 446 g/mol. The molecule has 3 aromatic rings. The van der Waals surface area contributed by atoms with Gasteiger partial charge in [0, 0.05) is 24.2 Å². The average molecular weight is 476 g/mol. The number of morpholine rings is 1. The van der Waals surface area contributed by atoms with Gasteiger partial charge in [-0.05, 0) is 62.4 Å². The number of hydrogen-bond acceptors (Lipinski definition) is 7. The van der Waals surface area contributed by atoms with E-state index in [1.54, 1.807) is 17.0 Å². The normalized spacial score (nSPS) is 14.6. The lowest BCUT2D eigenvalue weighted by Crippen LogP contribution is -2.43. The molecule has 182 valence electrons. The van der Waals surface area contributed by atoms with Gasteiger partial charge in [-0.1, -0.05) is 23.4 Å². The molecule has 0 unspecified atom stereocenters. The second-order valence-electron chi connectivity index (χ2n) is 8.65. The summed E-state index contributed by atoms with van der Waals surface area (Å²) in [5.74, 6) is 1.56. The van der Waals surface area contributed by atoms with Crippen molar-refractivity contribution in [2.75, 3.05) is 26.3 Å². The first kappa shape index (κ1) is 24.2. The number of rotatable bonds is 4. The molecule has 2 N–H and O–H groups in total. The summed E-state index contributed by atoms with van der Waals surface area (Å²) in [6.45, 7) is 6.35. The first-order chi connectivity index (χ1) is 17.0. The Balaban J connectivity index is 0.000000271. The molecule has 1 fully saturated rings. The fourth-order valence-corrected chi connectivity index (χ4v) is 4.17. The fourth-order valence-electron chi connectivity index (χ4n) is 4.17. The average Bonchev–Trinajstić information content (AvgIpc) is 3.55. The first-order valence-corrected chi connectivity index (χ1v) is 11.7. The Morgan fingerprint density at radius 1 is 1.20 bits per heavy atom. The van der Waals surface area contributed by atoms with Gasteiger partial charge < -0.3 is 24.6 Å². The first-order valence-electron chi connectivity index (χ1n) is 11.7. The van der Waals surface area contributed by atoms with E-state index >= 15 is 0 Å². The molecule has 0 radical (unpaired) electrons. The molecule has 0 atom stereocenters. The van der Waals surface area contributed by atoms with Crippen LogP contribution in [-0.4, -0.2) is 53.5 Å². The standard InChI is InChI=1S/C21H19N3O2.C5H10N2O2/c1-13(2)25-19-10-9-15(11-16(19)12-22)21-23-20(24-26-21)18-8-4-6-14-5-3-7-17(14)18;6-5(8)7-1-3-9-4-2-7/h4,6,8-11,13H,3,5,7H2,1-2H3;1-4H2,(H2,6,8). The number of aromatic nitrogens is 2. The molecule has 2 aliphatic rings. The number of amides is 2. The maximum atomic E-state index is 10.4. The topological polar surface area (TPSA) is 128 Å². The van der Waals surface area contributed by atoms with Crippen LogP contribution < -0.4 is 10.5 Å². The molecular formula is C26H29N5O4. The minimum Gasteiger partial charge on any atom is -0.490 e. The summed E-state index contributed by atoms with van der Waals surface area (Å²) in [5.41, 5.74) is 9.89. The van der Waals surface area contributed by atoms with Crippen molar-refractivity contribution in [1.29, 1.82) is 5.26 Å². The molecule has 1 aliphatic carbocycles. The van der Waals surface area contributed by atoms with E-state index in [1.807, 2.05) is 32.0 Å². The Kier molecular flexibility index (Phi) is 7.63. The molecule has 0 saturated carbocycles. The highest BCUT2D eigenvalue weighted by molar-refractivity contribution is 5.72. The Morgan fingerprint density at radius 3 is 2.69 bits per heavy atom. The second kappa shape index (κ2) is 11.0. The summed E-state index contributed by atoms with van der Waals surface area (Å²) in [6.07, 6.45) is 3.33. The zero-order valence-electron chi connectivity index (χ0n) is 20.0. The van der Waals surface area contributed by atoms with E-state index in [1.165, 1.54) is 17.5 Å². The number of nitrogens with zero attached hydrogens (tertiary/aromatic N) is 4. The summed E-state index contributed by atoms with van der Waals surface area (Å²) < 4.78 is 16.1. The number of urea groups is 1. The van der Waals surface area contributed by atoms with Crippen molar-refractivity contribution in [3.63, 3.8) is 0 Å². The molecule has 0 spiro atoms. The van der Waals surface area contributed by atoms with Crippen LogP contribution in [0.15, 0.2) is 40.9 Å². The largest absolute Gasteiger partial charge is 0.490 e. The van der Waals surface area contributed by atoms with Crippen molar-refractivity contribution >= 4 is 6.03 Å². The van der Waals surface area contributed by atoms with Gasteiger partial charge in [-0.15, -0.1) is 0 Å². The van der Waals surface area contributed by atoms with E-state index in [0.717, 1.165) is 18.4 Å². The van der Waals surface area contributed by atoms with Crippen LogP contribution in [0.4, 0.5) is 4.79 Å². The lowest BCUT2D eigenvalue weighted by atomic mass is 10.0. The van der Waals surface area contributed by atoms with Gasteiger partial charge in [-0.25, -0.2) is 4.79 Å². The highest BCUT2D eigenvalue weighted by Crippen LogP contribution is 2.32. The van der Waals surface area contributed by atoms with E-state index in [0.29, 0.717) is 54.9 Å². The maximum absolute atomic E-state index is 10.4. The molecule has 1 saturated heterocycles. The lowest BCUT2D eigenvalue weighted by molar-refractivity contribution is 0.0554. The molecule has 9 heteroatoms. The number of aryl methyl sites for hydroxylation is 1. The number of primary amides is 1. The summed E-state index contributed by atoms with van der Waals surface area (Å²) >= 11 is 0. The minimum absolute atomic E-state index is 0.00290. The molecule has 0 bridgehead atoms. The number of carbonyl (C=O) groups excluding carboxylic acids is 1. The van der Waals surface area contributed by atoms with E-state index < -0.39 is 0 Å². The number of nitriles is 1. The maximum Gasteiger partial charge on any atom is 0.314 e. The third kappa shape index (κ3) is 5.78. The van der Waals surface area contributed by atoms with Crippen molar-refractivity contribution < 1.29 is 18.8 Å². The number of carbonyl (C=O) groups is 1. The summed E-state index contributed by atoms with van der Waals surface area (Å²) in [6, 6.07) is 13.4. The van der Waals surface area contributed by atoms with Crippen LogP contribution in [0.2, 0.25) is 0 Å². The van der Waals surface area contributed by atoms with Crippen molar-refractivity contribution in [3.05, 3.63) is 53.1 Å². The Morgan fingerprint density at radius 2 is 2.00 bits per heavy atom. The molecule has 35 heavy (non-hydrogen) atoms. The summed E-state index contributed by atoms with van der Waals surface area (Å²) in [5, 5.41) is 13.6. The number of ether oxygens (including phenoxy) is 2. The molecule has 2 heterocycles. The zero-order valence-corrected chi connectivity index (χ0v) is 20.0. The predicted molar refractivity (Wildman–Crippen MR) is 130 cm³/mol. The van der Waals surface area contributed by atoms with Crippen LogP contribution in [0.1, 0.15) is 37.0 Å². The van der Waals surface area contributed by atoms with Crippen molar-refractivity contribution in [1.82, 2.24) is 15.0 Å². The van der Waals surface area contributed by atoms with Crippen molar-refractivity contribution in [2.45, 2.75) is 39.2 Å². The van der Waals surface area contributed by atoms with Crippen LogP contribution in [0.25, 0.3) is 22.8 Å². The lowest BCUT2D eigenvalue weighted by Gasteiger charge is -2.24. The molecule has 1 aliphatic heterocycles. The fraction of sp³-hybridized carbons (Fsp3) is 0.385. The van der Waals surface area contributed by atoms with Crippen LogP contribution in [0.5, 0.6) is 5.75 Å². The minimum atomic E-state index is -0.349. The number of hydrogen-bond donors (Lipinski definition) is 1. The van der Waals surface area contributed by atoms with Gasteiger partial charge in [-0.2, -0.15) is 10.2 Å². The molecule has 9 nitrogen and oxygen atoms in total. The highest BCUT2D eigenvalue weighted by Gasteiger charge is 2.20. The second-order valence-corrected chi connectivity index (χ2v) is 8.65. The molecule has 1 aromatic heterocycles. The van der Waals surface area contributed by atoms with E-state index in [4.69, 9.17) is 19.7 Å². The van der Waals surface area contributed by atoms with Crippen molar-refractivity contribution in [2.24, 2.45) is 5.73 Å². The Hall–Kier alpha value is -3.90. The van der Waals surface area contributed by atoms with E-state index in [2.05, 4.69) is 22.3 Å². The van der Waals surface area contributed by atoms with Crippen LogP contribution in [0.3, 0.4) is 0 Å². The molecule has 2 amide bonds. The monoisotopic (exact) mass is 475 g/mol.